The molecule has 2 heterocycles. The lowest BCUT2D eigenvalue weighted by Gasteiger charge is -2.43. The summed E-state index contributed by atoms with van der Waals surface area (Å²) in [6.07, 6.45) is -1.66. The normalized spacial score (nSPS) is 20.4. The smallest absolute Gasteiger partial charge is 0.336 e. The molecule has 7 nitrogen and oxygen atoms in total. The zero-order valence-electron chi connectivity index (χ0n) is 16.6. The van der Waals surface area contributed by atoms with Crippen molar-refractivity contribution in [2.45, 2.75) is 58.8 Å². The van der Waals surface area contributed by atoms with E-state index in [0.29, 0.717) is 16.7 Å². The Balaban J connectivity index is 2.16. The van der Waals surface area contributed by atoms with Gasteiger partial charge in [0, 0.05) is 24.8 Å². The molecule has 0 aliphatic carbocycles. The molecule has 0 saturated carbocycles. The number of benzene rings is 1. The first-order chi connectivity index (χ1) is 13.1. The Morgan fingerprint density at radius 1 is 1.14 bits per heavy atom. The quantitative estimate of drug-likeness (QED) is 0.584. The van der Waals surface area contributed by atoms with Crippen molar-refractivity contribution in [2.75, 3.05) is 0 Å². The Morgan fingerprint density at radius 3 is 2.46 bits per heavy atom. The molecule has 1 aromatic carbocycles. The highest BCUT2D eigenvalue weighted by molar-refractivity contribution is 5.83. The molecule has 150 valence electrons. The summed E-state index contributed by atoms with van der Waals surface area (Å²) in [5, 5.41) is 0.645. The standard InChI is InChI=1S/C21H24O7/c1-11(2)10-16(24)27-20-19(25-12(3)22)17-14(28-21(20,4)5)8-6-13-7-9-15(23)26-18(13)17/h6-9,11,19-20H,10H2,1-5H3/t19-,20+/m0/s1. The minimum atomic E-state index is -0.971. The molecule has 0 bridgehead atoms. The van der Waals surface area contributed by atoms with Crippen molar-refractivity contribution < 1.29 is 28.2 Å². The van der Waals surface area contributed by atoms with Crippen molar-refractivity contribution in [1.29, 1.82) is 0 Å². The highest BCUT2D eigenvalue weighted by atomic mass is 16.6. The van der Waals surface area contributed by atoms with Gasteiger partial charge in [-0.2, -0.15) is 0 Å². The molecule has 1 aliphatic rings. The van der Waals surface area contributed by atoms with Gasteiger partial charge in [-0.05, 0) is 38.0 Å². The van der Waals surface area contributed by atoms with Gasteiger partial charge in [-0.25, -0.2) is 4.79 Å². The Bertz CT molecular complexity index is 970. The average molecular weight is 388 g/mol. The average Bonchev–Trinajstić information content (AvgIpc) is 2.56. The van der Waals surface area contributed by atoms with Gasteiger partial charge in [0.05, 0.1) is 5.56 Å². The van der Waals surface area contributed by atoms with Gasteiger partial charge in [-0.15, -0.1) is 0 Å². The molecule has 0 saturated heterocycles. The van der Waals surface area contributed by atoms with Crippen LogP contribution in [0, 0.1) is 5.92 Å². The Hall–Kier alpha value is -2.83. The van der Waals surface area contributed by atoms with E-state index >= 15 is 0 Å². The van der Waals surface area contributed by atoms with Crippen LogP contribution in [-0.4, -0.2) is 23.6 Å². The monoisotopic (exact) mass is 388 g/mol. The summed E-state index contributed by atoms with van der Waals surface area (Å²) >= 11 is 0. The van der Waals surface area contributed by atoms with Crippen molar-refractivity contribution >= 4 is 22.9 Å². The van der Waals surface area contributed by atoms with E-state index in [1.165, 1.54) is 13.0 Å². The topological polar surface area (TPSA) is 92.0 Å². The fourth-order valence-corrected chi connectivity index (χ4v) is 3.38. The molecule has 0 unspecified atom stereocenters. The third-order valence-corrected chi connectivity index (χ3v) is 4.53. The SMILES string of the molecule is CC(=O)O[C@H]1c2c(ccc3ccc(=O)oc23)OC(C)(C)[C@@H]1OC(=O)CC(C)C. The van der Waals surface area contributed by atoms with Crippen molar-refractivity contribution in [3.63, 3.8) is 0 Å². The van der Waals surface area contributed by atoms with E-state index in [1.807, 2.05) is 13.8 Å². The first-order valence-corrected chi connectivity index (χ1v) is 9.21. The first-order valence-electron chi connectivity index (χ1n) is 9.21. The molecule has 0 N–H and O–H groups in total. The summed E-state index contributed by atoms with van der Waals surface area (Å²) in [4.78, 5) is 36.0. The molecule has 2 atom stereocenters. The molecule has 0 amide bonds. The maximum atomic E-state index is 12.4. The zero-order chi connectivity index (χ0) is 20.6. The van der Waals surface area contributed by atoms with Gasteiger partial charge in [0.25, 0.3) is 0 Å². The molecule has 1 aromatic heterocycles. The number of carbonyl (C=O) groups is 2. The van der Waals surface area contributed by atoms with E-state index in [4.69, 9.17) is 18.6 Å². The minimum Gasteiger partial charge on any atom is -0.483 e. The number of ether oxygens (including phenoxy) is 3. The lowest BCUT2D eigenvalue weighted by molar-refractivity contribution is -0.189. The number of esters is 2. The van der Waals surface area contributed by atoms with Crippen LogP contribution < -0.4 is 10.4 Å². The van der Waals surface area contributed by atoms with E-state index in [0.717, 1.165) is 0 Å². The first kappa shape index (κ1) is 19.9. The Kier molecular flexibility index (Phi) is 5.19. The van der Waals surface area contributed by atoms with E-state index in [1.54, 1.807) is 32.0 Å². The maximum absolute atomic E-state index is 12.4. The van der Waals surface area contributed by atoms with Gasteiger partial charge in [0.15, 0.2) is 12.2 Å². The third kappa shape index (κ3) is 3.88. The van der Waals surface area contributed by atoms with E-state index in [-0.39, 0.29) is 17.9 Å². The van der Waals surface area contributed by atoms with Crippen molar-refractivity contribution in [1.82, 2.24) is 0 Å². The van der Waals surface area contributed by atoms with E-state index in [9.17, 15) is 14.4 Å². The second-order valence-electron chi connectivity index (χ2n) is 7.89. The second-order valence-corrected chi connectivity index (χ2v) is 7.89. The van der Waals surface area contributed by atoms with Crippen molar-refractivity contribution in [3.05, 3.63) is 40.2 Å². The molecule has 2 aromatic rings. The van der Waals surface area contributed by atoms with Gasteiger partial charge in [0.1, 0.15) is 16.9 Å². The molecule has 0 fully saturated rings. The van der Waals surface area contributed by atoms with Crippen molar-refractivity contribution in [2.24, 2.45) is 5.92 Å². The number of fused-ring (bicyclic) bond motifs is 3. The molecular weight excluding hydrogens is 364 g/mol. The molecule has 0 radical (unpaired) electrons. The van der Waals surface area contributed by atoms with Crippen LogP contribution in [0.25, 0.3) is 11.0 Å². The zero-order valence-corrected chi connectivity index (χ0v) is 16.6. The lowest BCUT2D eigenvalue weighted by Crippen LogP contribution is -2.52. The van der Waals surface area contributed by atoms with Crippen molar-refractivity contribution in [3.8, 4) is 5.75 Å². The fourth-order valence-electron chi connectivity index (χ4n) is 3.38. The summed E-state index contributed by atoms with van der Waals surface area (Å²) in [7, 11) is 0. The van der Waals surface area contributed by atoms with Crippen LogP contribution in [0.2, 0.25) is 0 Å². The number of hydrogen-bond donors (Lipinski definition) is 0. The van der Waals surface area contributed by atoms with Crippen LogP contribution in [-0.2, 0) is 19.1 Å². The predicted octanol–water partition coefficient (Wildman–Crippen LogP) is 3.53. The van der Waals surface area contributed by atoms with Crippen LogP contribution in [0.4, 0.5) is 0 Å². The highest BCUT2D eigenvalue weighted by Crippen LogP contribution is 2.46. The molecule has 1 aliphatic heterocycles. The van der Waals surface area contributed by atoms with Crippen LogP contribution in [0.1, 0.15) is 52.7 Å². The summed E-state index contributed by atoms with van der Waals surface area (Å²) in [6.45, 7) is 8.60. The summed E-state index contributed by atoms with van der Waals surface area (Å²) < 4.78 is 22.7. The maximum Gasteiger partial charge on any atom is 0.336 e. The predicted molar refractivity (Wildman–Crippen MR) is 101 cm³/mol. The highest BCUT2D eigenvalue weighted by Gasteiger charge is 2.49. The lowest BCUT2D eigenvalue weighted by atomic mass is 9.87. The molecule has 28 heavy (non-hydrogen) atoms. The second kappa shape index (κ2) is 7.30. The van der Waals surface area contributed by atoms with Gasteiger partial charge < -0.3 is 18.6 Å². The minimum absolute atomic E-state index is 0.110. The van der Waals surface area contributed by atoms with Crippen LogP contribution >= 0.6 is 0 Å². The molecule has 7 heteroatoms. The van der Waals surface area contributed by atoms with Crippen LogP contribution in [0.5, 0.6) is 5.75 Å². The molecule has 0 spiro atoms. The summed E-state index contributed by atoms with van der Waals surface area (Å²) in [5.74, 6) is -0.444. The van der Waals surface area contributed by atoms with Crippen LogP contribution in [0.15, 0.2) is 33.5 Å². The summed E-state index contributed by atoms with van der Waals surface area (Å²) in [5.41, 5.74) is -0.882. The summed E-state index contributed by atoms with van der Waals surface area (Å²) in [6, 6.07) is 6.40. The number of rotatable bonds is 4. The van der Waals surface area contributed by atoms with Crippen LogP contribution in [0.3, 0.4) is 0 Å². The van der Waals surface area contributed by atoms with Gasteiger partial charge in [-0.3, -0.25) is 9.59 Å². The number of hydrogen-bond acceptors (Lipinski definition) is 7. The molecular formula is C21H24O7. The largest absolute Gasteiger partial charge is 0.483 e. The Labute approximate surface area is 162 Å². The van der Waals surface area contributed by atoms with Gasteiger partial charge in [0.2, 0.25) is 0 Å². The molecule has 3 rings (SSSR count). The van der Waals surface area contributed by atoms with Gasteiger partial charge in [-0.1, -0.05) is 13.8 Å². The third-order valence-electron chi connectivity index (χ3n) is 4.53. The van der Waals surface area contributed by atoms with E-state index < -0.39 is 35.4 Å². The number of carbonyl (C=O) groups excluding carboxylic acids is 2. The fraction of sp³-hybridized carbons (Fsp3) is 0.476. The van der Waals surface area contributed by atoms with Gasteiger partial charge >= 0.3 is 17.6 Å². The Morgan fingerprint density at radius 2 is 1.82 bits per heavy atom. The van der Waals surface area contributed by atoms with E-state index in [2.05, 4.69) is 0 Å².